The van der Waals surface area contributed by atoms with Crippen molar-refractivity contribution in [2.24, 2.45) is 0 Å². The van der Waals surface area contributed by atoms with E-state index in [1.54, 1.807) is 12.3 Å². The van der Waals surface area contributed by atoms with Gasteiger partial charge in [-0.3, -0.25) is 0 Å². The summed E-state index contributed by atoms with van der Waals surface area (Å²) >= 11 is 9.59. The molecule has 0 amide bonds. The number of nitrogens with zero attached hydrogens (tertiary/aromatic N) is 2. The topological polar surface area (TPSA) is 36.4 Å². The molecule has 3 nitrogen and oxygen atoms in total. The zero-order valence-electron chi connectivity index (χ0n) is 10.5. The van der Waals surface area contributed by atoms with Crippen molar-refractivity contribution in [3.05, 3.63) is 57.2 Å². The molecule has 0 aliphatic rings. The molecule has 0 bridgehead atoms. The van der Waals surface area contributed by atoms with Crippen LogP contribution in [0.4, 0.5) is 5.82 Å². The molecule has 0 radical (unpaired) electrons. The molecule has 0 saturated carbocycles. The molecule has 0 saturated heterocycles. The van der Waals surface area contributed by atoms with E-state index < -0.39 is 0 Å². The number of anilines is 1. The first-order valence-electron chi connectivity index (χ1n) is 5.81. The summed E-state index contributed by atoms with van der Waals surface area (Å²) in [6.07, 6.45) is 1.64. The van der Waals surface area contributed by atoms with E-state index in [2.05, 4.69) is 33.0 Å². The number of rotatable bonds is 4. The predicted octanol–water partition coefficient (Wildman–Crippen LogP) is 3.63. The second kappa shape index (κ2) is 6.37. The maximum absolute atomic E-state index is 9.04. The van der Waals surface area contributed by atoms with Crippen molar-refractivity contribution in [1.29, 1.82) is 0 Å². The van der Waals surface area contributed by atoms with Gasteiger partial charge in [0.1, 0.15) is 5.82 Å². The summed E-state index contributed by atoms with van der Waals surface area (Å²) in [6, 6.07) is 9.86. The fourth-order valence-corrected chi connectivity index (χ4v) is 2.37. The van der Waals surface area contributed by atoms with Gasteiger partial charge in [-0.2, -0.15) is 0 Å². The number of hydrogen-bond donors (Lipinski definition) is 1. The van der Waals surface area contributed by atoms with Gasteiger partial charge in [-0.25, -0.2) is 4.98 Å². The van der Waals surface area contributed by atoms with Crippen LogP contribution < -0.4 is 4.90 Å². The molecule has 0 aliphatic carbocycles. The van der Waals surface area contributed by atoms with Crippen LogP contribution in [0.2, 0.25) is 5.02 Å². The number of halogens is 2. The molecule has 1 aromatic carbocycles. The first-order valence-corrected chi connectivity index (χ1v) is 6.98. The third-order valence-electron chi connectivity index (χ3n) is 2.76. The Labute approximate surface area is 126 Å². The summed E-state index contributed by atoms with van der Waals surface area (Å²) < 4.78 is 1.06. The highest BCUT2D eigenvalue weighted by atomic mass is 79.9. The normalized spacial score (nSPS) is 10.5. The molecule has 0 spiro atoms. The number of aromatic nitrogens is 1. The molecule has 1 aromatic heterocycles. The minimum absolute atomic E-state index is 0.0522. The van der Waals surface area contributed by atoms with Crippen molar-refractivity contribution < 1.29 is 5.11 Å². The number of benzene rings is 1. The van der Waals surface area contributed by atoms with Crippen LogP contribution >= 0.6 is 27.5 Å². The smallest absolute Gasteiger partial charge is 0.147 e. The van der Waals surface area contributed by atoms with E-state index in [1.807, 2.05) is 24.1 Å². The molecule has 1 N–H and O–H groups in total. The minimum Gasteiger partial charge on any atom is -0.392 e. The van der Waals surface area contributed by atoms with E-state index in [0.29, 0.717) is 16.4 Å². The van der Waals surface area contributed by atoms with Crippen LogP contribution in [0, 0.1) is 0 Å². The lowest BCUT2D eigenvalue weighted by Gasteiger charge is -2.19. The third kappa shape index (κ3) is 3.69. The van der Waals surface area contributed by atoms with Crippen LogP contribution in [0.5, 0.6) is 0 Å². The van der Waals surface area contributed by atoms with Crippen molar-refractivity contribution in [1.82, 2.24) is 4.98 Å². The molecule has 5 heteroatoms. The molecule has 2 rings (SSSR count). The van der Waals surface area contributed by atoms with Crippen molar-refractivity contribution in [3.63, 3.8) is 0 Å². The van der Waals surface area contributed by atoms with Crippen LogP contribution in [-0.2, 0) is 13.2 Å². The van der Waals surface area contributed by atoms with Crippen LogP contribution in [0.1, 0.15) is 11.1 Å². The number of hydrogen-bond acceptors (Lipinski definition) is 3. The average molecular weight is 342 g/mol. The average Bonchev–Trinajstić information content (AvgIpc) is 2.41. The molecule has 2 aromatic rings. The van der Waals surface area contributed by atoms with Crippen LogP contribution in [0.25, 0.3) is 0 Å². The second-order valence-electron chi connectivity index (χ2n) is 4.29. The Hall–Kier alpha value is -1.10. The van der Waals surface area contributed by atoms with Crippen molar-refractivity contribution in [2.75, 3.05) is 11.9 Å². The number of aliphatic hydroxyl groups is 1. The van der Waals surface area contributed by atoms with Gasteiger partial charge in [0, 0.05) is 24.3 Å². The Morgan fingerprint density at radius 1 is 1.26 bits per heavy atom. The summed E-state index contributed by atoms with van der Waals surface area (Å²) in [5.74, 6) is 0.710. The van der Waals surface area contributed by atoms with E-state index in [1.165, 1.54) is 5.56 Å². The first kappa shape index (κ1) is 14.3. The zero-order chi connectivity index (χ0) is 13.8. The highest BCUT2D eigenvalue weighted by Gasteiger charge is 2.09. The molecule has 100 valence electrons. The highest BCUT2D eigenvalue weighted by Crippen LogP contribution is 2.24. The van der Waals surface area contributed by atoms with Gasteiger partial charge in [-0.05, 0) is 29.3 Å². The molecule has 0 atom stereocenters. The monoisotopic (exact) mass is 340 g/mol. The molecule has 0 aliphatic heterocycles. The van der Waals surface area contributed by atoms with Gasteiger partial charge in [0.25, 0.3) is 0 Å². The van der Waals surface area contributed by atoms with Gasteiger partial charge in [0.2, 0.25) is 0 Å². The Morgan fingerprint density at radius 3 is 2.53 bits per heavy atom. The lowest BCUT2D eigenvalue weighted by Crippen LogP contribution is -2.18. The van der Waals surface area contributed by atoms with E-state index >= 15 is 0 Å². The fraction of sp³-hybridized carbons (Fsp3) is 0.214. The van der Waals surface area contributed by atoms with Gasteiger partial charge >= 0.3 is 0 Å². The van der Waals surface area contributed by atoms with Gasteiger partial charge in [-0.15, -0.1) is 0 Å². The summed E-state index contributed by atoms with van der Waals surface area (Å²) in [5.41, 5.74) is 1.89. The summed E-state index contributed by atoms with van der Waals surface area (Å²) in [6.45, 7) is 0.669. The van der Waals surface area contributed by atoms with Crippen molar-refractivity contribution >= 4 is 33.3 Å². The Kier molecular flexibility index (Phi) is 4.80. The van der Waals surface area contributed by atoms with E-state index in [4.69, 9.17) is 16.7 Å². The van der Waals surface area contributed by atoms with Crippen molar-refractivity contribution in [3.8, 4) is 0 Å². The summed E-state index contributed by atoms with van der Waals surface area (Å²) in [4.78, 5) is 6.27. The van der Waals surface area contributed by atoms with Crippen LogP contribution in [0.15, 0.2) is 41.0 Å². The molecule has 19 heavy (non-hydrogen) atoms. The number of aliphatic hydroxyl groups excluding tert-OH is 1. The Balaban J connectivity index is 2.15. The van der Waals surface area contributed by atoms with Crippen LogP contribution in [0.3, 0.4) is 0 Å². The zero-order valence-corrected chi connectivity index (χ0v) is 12.8. The van der Waals surface area contributed by atoms with Gasteiger partial charge < -0.3 is 10.0 Å². The molecule has 0 fully saturated rings. The largest absolute Gasteiger partial charge is 0.392 e. The SMILES string of the molecule is CN(Cc1ccc(Br)cc1)c1ncc(CO)cc1Cl. The lowest BCUT2D eigenvalue weighted by atomic mass is 10.2. The maximum atomic E-state index is 9.04. The third-order valence-corrected chi connectivity index (χ3v) is 3.56. The molecular weight excluding hydrogens is 328 g/mol. The number of pyridine rings is 1. The summed E-state index contributed by atoms with van der Waals surface area (Å²) in [7, 11) is 1.94. The van der Waals surface area contributed by atoms with Gasteiger partial charge in [0.15, 0.2) is 0 Å². The standard InChI is InChI=1S/C14H14BrClN2O/c1-18(8-10-2-4-12(15)5-3-10)14-13(16)6-11(9-19)7-17-14/h2-7,19H,8-9H2,1H3. The molecule has 1 heterocycles. The van der Waals surface area contributed by atoms with Gasteiger partial charge in [0.05, 0.1) is 11.6 Å². The lowest BCUT2D eigenvalue weighted by molar-refractivity contribution is 0.281. The van der Waals surface area contributed by atoms with E-state index in [0.717, 1.165) is 11.0 Å². The predicted molar refractivity (Wildman–Crippen MR) is 81.4 cm³/mol. The second-order valence-corrected chi connectivity index (χ2v) is 5.61. The fourth-order valence-electron chi connectivity index (χ4n) is 1.78. The Morgan fingerprint density at radius 2 is 1.95 bits per heavy atom. The molecular formula is C14H14BrClN2O. The Bertz CT molecular complexity index is 560. The summed E-state index contributed by atoms with van der Waals surface area (Å²) in [5, 5.41) is 9.58. The van der Waals surface area contributed by atoms with Crippen molar-refractivity contribution in [2.45, 2.75) is 13.2 Å². The van der Waals surface area contributed by atoms with Gasteiger partial charge in [-0.1, -0.05) is 39.7 Å². The van der Waals surface area contributed by atoms with E-state index in [-0.39, 0.29) is 6.61 Å². The quantitative estimate of drug-likeness (QED) is 0.922. The molecule has 0 unspecified atom stereocenters. The minimum atomic E-state index is -0.0522. The van der Waals surface area contributed by atoms with E-state index in [9.17, 15) is 0 Å². The highest BCUT2D eigenvalue weighted by molar-refractivity contribution is 9.10. The first-order chi connectivity index (χ1) is 9.10. The maximum Gasteiger partial charge on any atom is 0.147 e. The van der Waals surface area contributed by atoms with Crippen LogP contribution in [-0.4, -0.2) is 17.1 Å².